The van der Waals surface area contributed by atoms with Gasteiger partial charge in [0, 0.05) is 30.6 Å². The Kier molecular flexibility index (Phi) is 6.63. The summed E-state index contributed by atoms with van der Waals surface area (Å²) in [7, 11) is -1.54. The summed E-state index contributed by atoms with van der Waals surface area (Å²) in [4.78, 5) is 5.44. The Labute approximate surface area is 131 Å². The number of thiophene rings is 1. The van der Waals surface area contributed by atoms with E-state index in [1.54, 1.807) is 18.4 Å². The predicted octanol–water partition coefficient (Wildman–Crippen LogP) is 0.783. The number of hydrogen-bond acceptors (Lipinski definition) is 4. The number of nitrogens with zero attached hydrogens (tertiary/aromatic N) is 1. The maximum atomic E-state index is 11.3. The molecule has 0 saturated carbocycles. The van der Waals surface area contributed by atoms with Crippen molar-refractivity contribution in [2.75, 3.05) is 26.4 Å². The summed E-state index contributed by atoms with van der Waals surface area (Å²) in [6, 6.07) is 4.13. The van der Waals surface area contributed by atoms with Gasteiger partial charge in [-0.1, -0.05) is 6.07 Å². The van der Waals surface area contributed by atoms with Gasteiger partial charge >= 0.3 is 0 Å². The van der Waals surface area contributed by atoms with Crippen LogP contribution in [-0.4, -0.2) is 46.3 Å². The molecule has 1 rings (SSSR count). The Hall–Kier alpha value is -1.12. The lowest BCUT2D eigenvalue weighted by Crippen LogP contribution is -2.53. The third-order valence-electron chi connectivity index (χ3n) is 2.63. The number of hydrogen-bond donors (Lipinski definition) is 3. The molecule has 3 N–H and O–H groups in total. The maximum absolute atomic E-state index is 11.3. The first-order chi connectivity index (χ1) is 9.72. The van der Waals surface area contributed by atoms with Crippen LogP contribution in [0.4, 0.5) is 0 Å². The minimum atomic E-state index is -3.23. The second-order valence-corrected chi connectivity index (χ2v) is 8.22. The van der Waals surface area contributed by atoms with Crippen LogP contribution in [0.25, 0.3) is 0 Å². The van der Waals surface area contributed by atoms with Gasteiger partial charge in [0.25, 0.3) is 0 Å². The van der Waals surface area contributed by atoms with E-state index in [1.807, 2.05) is 19.9 Å². The first kappa shape index (κ1) is 17.9. The zero-order chi connectivity index (χ0) is 15.9. The fourth-order valence-electron chi connectivity index (χ4n) is 1.82. The van der Waals surface area contributed by atoms with Crippen molar-refractivity contribution in [1.82, 2.24) is 15.4 Å². The molecule has 1 heterocycles. The molecule has 0 saturated heterocycles. The number of guanidine groups is 1. The molecule has 0 spiro atoms. The van der Waals surface area contributed by atoms with Crippen LogP contribution in [0.3, 0.4) is 0 Å². The second kappa shape index (κ2) is 7.77. The molecule has 1 aromatic heterocycles. The summed E-state index contributed by atoms with van der Waals surface area (Å²) in [6.07, 6.45) is 2.09. The zero-order valence-electron chi connectivity index (χ0n) is 12.9. The molecule has 120 valence electrons. The van der Waals surface area contributed by atoms with E-state index in [0.29, 0.717) is 12.5 Å². The third-order valence-corrected chi connectivity index (χ3v) is 4.49. The maximum Gasteiger partial charge on any atom is 0.209 e. The van der Waals surface area contributed by atoms with Gasteiger partial charge in [-0.3, -0.25) is 4.99 Å². The highest BCUT2D eigenvalue weighted by molar-refractivity contribution is 7.88. The van der Waals surface area contributed by atoms with Crippen LogP contribution in [0.1, 0.15) is 18.7 Å². The number of aliphatic imine (C=N–C) groups is 1. The van der Waals surface area contributed by atoms with Crippen molar-refractivity contribution in [3.8, 4) is 0 Å². The van der Waals surface area contributed by atoms with Gasteiger partial charge < -0.3 is 10.6 Å². The smallest absolute Gasteiger partial charge is 0.209 e. The minimum absolute atomic E-state index is 0.443. The van der Waals surface area contributed by atoms with E-state index < -0.39 is 15.6 Å². The monoisotopic (exact) mass is 332 g/mol. The summed E-state index contributed by atoms with van der Waals surface area (Å²) in [5.74, 6) is 0.662. The first-order valence-corrected chi connectivity index (χ1v) is 9.45. The summed E-state index contributed by atoms with van der Waals surface area (Å²) in [5, 5.41) is 8.40. The highest BCUT2D eigenvalue weighted by Crippen LogP contribution is 2.08. The van der Waals surface area contributed by atoms with Crippen LogP contribution < -0.4 is 15.4 Å². The summed E-state index contributed by atoms with van der Waals surface area (Å²) in [5.41, 5.74) is -0.584. The average Bonchev–Trinajstić information content (AvgIpc) is 2.83. The molecule has 0 bridgehead atoms. The lowest BCUT2D eigenvalue weighted by Gasteiger charge is -2.26. The van der Waals surface area contributed by atoms with E-state index in [0.717, 1.165) is 19.2 Å². The fourth-order valence-corrected chi connectivity index (χ4v) is 3.61. The highest BCUT2D eigenvalue weighted by Gasteiger charge is 2.22. The lowest BCUT2D eigenvalue weighted by atomic mass is 10.1. The van der Waals surface area contributed by atoms with Gasteiger partial charge in [-0.25, -0.2) is 13.1 Å². The molecule has 6 nitrogen and oxygen atoms in total. The van der Waals surface area contributed by atoms with Gasteiger partial charge in [-0.2, -0.15) is 0 Å². The Morgan fingerprint density at radius 2 is 2.10 bits per heavy atom. The lowest BCUT2D eigenvalue weighted by molar-refractivity contribution is 0.446. The van der Waals surface area contributed by atoms with Gasteiger partial charge in [0.15, 0.2) is 5.96 Å². The van der Waals surface area contributed by atoms with Crippen molar-refractivity contribution in [1.29, 1.82) is 0 Å². The summed E-state index contributed by atoms with van der Waals surface area (Å²) < 4.78 is 25.1. The highest BCUT2D eigenvalue weighted by atomic mass is 32.2. The molecule has 0 aliphatic heterocycles. The van der Waals surface area contributed by atoms with Crippen molar-refractivity contribution < 1.29 is 8.42 Å². The molecule has 21 heavy (non-hydrogen) atoms. The van der Waals surface area contributed by atoms with Crippen LogP contribution in [0, 0.1) is 0 Å². The first-order valence-electron chi connectivity index (χ1n) is 6.68. The largest absolute Gasteiger partial charge is 0.356 e. The van der Waals surface area contributed by atoms with E-state index in [-0.39, 0.29) is 0 Å². The molecule has 0 aliphatic carbocycles. The van der Waals surface area contributed by atoms with Crippen LogP contribution in [0.2, 0.25) is 0 Å². The summed E-state index contributed by atoms with van der Waals surface area (Å²) >= 11 is 1.73. The third kappa shape index (κ3) is 8.03. The van der Waals surface area contributed by atoms with Crippen molar-refractivity contribution in [3.63, 3.8) is 0 Å². The van der Waals surface area contributed by atoms with Gasteiger partial charge in [0.2, 0.25) is 10.0 Å². The van der Waals surface area contributed by atoms with Crippen LogP contribution in [0.15, 0.2) is 22.5 Å². The van der Waals surface area contributed by atoms with Gasteiger partial charge in [-0.05, 0) is 31.7 Å². The van der Waals surface area contributed by atoms with Crippen molar-refractivity contribution in [3.05, 3.63) is 22.4 Å². The normalized spacial score (nSPS) is 13.2. The van der Waals surface area contributed by atoms with Gasteiger partial charge in [0.1, 0.15) is 0 Å². The van der Waals surface area contributed by atoms with Crippen LogP contribution in [-0.2, 0) is 16.4 Å². The van der Waals surface area contributed by atoms with Gasteiger partial charge in [-0.15, -0.1) is 11.3 Å². The van der Waals surface area contributed by atoms with Crippen LogP contribution >= 0.6 is 11.3 Å². The molecule has 0 aliphatic rings. The molecular weight excluding hydrogens is 308 g/mol. The van der Waals surface area contributed by atoms with E-state index in [2.05, 4.69) is 31.8 Å². The van der Waals surface area contributed by atoms with E-state index in [9.17, 15) is 8.42 Å². The van der Waals surface area contributed by atoms with E-state index in [4.69, 9.17) is 0 Å². The summed E-state index contributed by atoms with van der Waals surface area (Å²) in [6.45, 7) is 4.86. The molecule has 0 atom stereocenters. The number of rotatable bonds is 7. The fraction of sp³-hybridized carbons (Fsp3) is 0.615. The second-order valence-electron chi connectivity index (χ2n) is 5.44. The Morgan fingerprint density at radius 3 is 2.62 bits per heavy atom. The van der Waals surface area contributed by atoms with Crippen molar-refractivity contribution >= 4 is 27.3 Å². The number of nitrogens with one attached hydrogen (secondary N) is 3. The topological polar surface area (TPSA) is 82.6 Å². The average molecular weight is 332 g/mol. The Bertz CT molecular complexity index is 551. The molecule has 0 unspecified atom stereocenters. The number of sulfonamides is 1. The molecule has 1 aromatic rings. The molecule has 0 aromatic carbocycles. The predicted molar refractivity (Wildman–Crippen MR) is 89.4 cm³/mol. The molecule has 0 radical (unpaired) electrons. The molecule has 0 amide bonds. The Balaban J connectivity index is 2.37. The van der Waals surface area contributed by atoms with Crippen molar-refractivity contribution in [2.24, 2.45) is 4.99 Å². The van der Waals surface area contributed by atoms with Crippen LogP contribution in [0.5, 0.6) is 0 Å². The Morgan fingerprint density at radius 1 is 1.38 bits per heavy atom. The SMILES string of the molecule is CN=C(NCCc1cccs1)NCC(C)(C)NS(C)(=O)=O. The minimum Gasteiger partial charge on any atom is -0.356 e. The van der Waals surface area contributed by atoms with Gasteiger partial charge in [0.05, 0.1) is 6.26 Å². The quantitative estimate of drug-likeness (QED) is 0.509. The molecule has 0 fully saturated rings. The van der Waals surface area contributed by atoms with E-state index in [1.165, 1.54) is 4.88 Å². The zero-order valence-corrected chi connectivity index (χ0v) is 14.6. The standard InChI is InChI=1S/C13H24N4O2S2/c1-13(2,17-21(4,18)19)10-16-12(14-3)15-8-7-11-6-5-9-20-11/h5-6,9,17H,7-8,10H2,1-4H3,(H2,14,15,16). The van der Waals surface area contributed by atoms with Crippen molar-refractivity contribution in [2.45, 2.75) is 25.8 Å². The molecular formula is C13H24N4O2S2. The van der Waals surface area contributed by atoms with E-state index >= 15 is 0 Å². The molecule has 8 heteroatoms.